The Labute approximate surface area is 149 Å². The molecule has 1 aliphatic heterocycles. The van der Waals surface area contributed by atoms with Gasteiger partial charge in [-0.1, -0.05) is 48.0 Å². The fraction of sp³-hybridized carbons (Fsp3) is 0.182. The predicted molar refractivity (Wildman–Crippen MR) is 106 cm³/mol. The molecule has 0 radical (unpaired) electrons. The molecule has 124 valence electrons. The van der Waals surface area contributed by atoms with Crippen LogP contribution >= 0.6 is 0 Å². The maximum Gasteiger partial charge on any atom is 0.154 e. The Balaban J connectivity index is 1.95. The summed E-state index contributed by atoms with van der Waals surface area (Å²) in [5, 5.41) is 2.38. The van der Waals surface area contributed by atoms with Crippen LogP contribution in [0.5, 0.6) is 11.5 Å². The van der Waals surface area contributed by atoms with Gasteiger partial charge in [0, 0.05) is 18.1 Å². The van der Waals surface area contributed by atoms with Gasteiger partial charge < -0.3 is 9.47 Å². The van der Waals surface area contributed by atoms with Crippen molar-refractivity contribution >= 4 is 18.6 Å². The Morgan fingerprint density at radius 3 is 2.48 bits per heavy atom. The Kier molecular flexibility index (Phi) is 3.70. The number of hydrogen-bond donors (Lipinski definition) is 0. The quantitative estimate of drug-likeness (QED) is 0.389. The molecule has 0 aliphatic carbocycles. The van der Waals surface area contributed by atoms with Crippen LogP contribution in [0.25, 0.3) is 21.9 Å². The molecule has 0 saturated heterocycles. The Bertz CT molecular complexity index is 997. The first-order valence-electron chi connectivity index (χ1n) is 8.57. The van der Waals surface area contributed by atoms with Crippen LogP contribution < -0.4 is 4.74 Å². The molecule has 1 aliphatic rings. The number of rotatable bonds is 3. The van der Waals surface area contributed by atoms with Crippen LogP contribution in [0, 0.1) is 0 Å². The van der Waals surface area contributed by atoms with Gasteiger partial charge in [0.15, 0.2) is 7.85 Å². The van der Waals surface area contributed by atoms with E-state index in [9.17, 15) is 0 Å². The molecule has 0 bridgehead atoms. The first kappa shape index (κ1) is 16.0. The molecule has 0 saturated carbocycles. The Morgan fingerprint density at radius 2 is 1.76 bits per heavy atom. The SMILES string of the molecule is BC(C=C(C)C)(OC)c1ccc2c(c1)-c1cccc3cccc(c13)O2. The van der Waals surface area contributed by atoms with Gasteiger partial charge in [-0.25, -0.2) is 0 Å². The van der Waals surface area contributed by atoms with Gasteiger partial charge in [0.1, 0.15) is 11.5 Å². The highest BCUT2D eigenvalue weighted by Crippen LogP contribution is 2.47. The van der Waals surface area contributed by atoms with Crippen molar-refractivity contribution in [3.63, 3.8) is 0 Å². The highest BCUT2D eigenvalue weighted by atomic mass is 16.5. The Hall–Kier alpha value is -2.52. The third-order valence-corrected chi connectivity index (χ3v) is 4.92. The zero-order valence-electron chi connectivity index (χ0n) is 15.1. The van der Waals surface area contributed by atoms with E-state index >= 15 is 0 Å². The van der Waals surface area contributed by atoms with Gasteiger partial charge >= 0.3 is 0 Å². The number of methoxy groups -OCH3 is 1. The maximum atomic E-state index is 6.18. The summed E-state index contributed by atoms with van der Waals surface area (Å²) >= 11 is 0. The van der Waals surface area contributed by atoms with E-state index < -0.39 is 5.50 Å². The summed E-state index contributed by atoms with van der Waals surface area (Å²) in [7, 11) is 3.85. The van der Waals surface area contributed by atoms with Crippen molar-refractivity contribution in [3.05, 3.63) is 71.8 Å². The second-order valence-corrected chi connectivity index (χ2v) is 7.01. The van der Waals surface area contributed by atoms with Crippen molar-refractivity contribution < 1.29 is 9.47 Å². The molecule has 2 nitrogen and oxygen atoms in total. The lowest BCUT2D eigenvalue weighted by molar-refractivity contribution is 0.102. The van der Waals surface area contributed by atoms with E-state index in [1.807, 2.05) is 12.1 Å². The molecule has 1 atom stereocenters. The van der Waals surface area contributed by atoms with Crippen LogP contribution in [0.2, 0.25) is 0 Å². The fourth-order valence-electron chi connectivity index (χ4n) is 3.68. The van der Waals surface area contributed by atoms with Crippen LogP contribution in [-0.4, -0.2) is 15.0 Å². The smallest absolute Gasteiger partial charge is 0.154 e. The molecule has 0 spiro atoms. The van der Waals surface area contributed by atoms with Crippen LogP contribution in [0.15, 0.2) is 66.2 Å². The topological polar surface area (TPSA) is 18.5 Å². The molecular formula is C22H21BO2. The van der Waals surface area contributed by atoms with E-state index in [-0.39, 0.29) is 0 Å². The molecular weight excluding hydrogens is 307 g/mol. The van der Waals surface area contributed by atoms with E-state index in [0.29, 0.717) is 0 Å². The summed E-state index contributed by atoms with van der Waals surface area (Å²) in [5.41, 5.74) is 4.22. The zero-order chi connectivity index (χ0) is 17.6. The van der Waals surface area contributed by atoms with E-state index in [0.717, 1.165) is 22.6 Å². The number of fused-ring (bicyclic) bond motifs is 2. The highest BCUT2D eigenvalue weighted by molar-refractivity contribution is 6.16. The van der Waals surface area contributed by atoms with Crippen molar-refractivity contribution in [2.24, 2.45) is 0 Å². The average molecular weight is 328 g/mol. The highest BCUT2D eigenvalue weighted by Gasteiger charge is 2.27. The molecule has 1 unspecified atom stereocenters. The van der Waals surface area contributed by atoms with Crippen molar-refractivity contribution in [3.8, 4) is 22.6 Å². The van der Waals surface area contributed by atoms with Gasteiger partial charge in [0.25, 0.3) is 0 Å². The molecule has 4 rings (SSSR count). The fourth-order valence-corrected chi connectivity index (χ4v) is 3.68. The first-order valence-corrected chi connectivity index (χ1v) is 8.57. The van der Waals surface area contributed by atoms with Crippen molar-refractivity contribution in [2.75, 3.05) is 7.11 Å². The molecule has 0 aromatic heterocycles. The summed E-state index contributed by atoms with van der Waals surface area (Å²) in [4.78, 5) is 0. The molecule has 3 heteroatoms. The summed E-state index contributed by atoms with van der Waals surface area (Å²) in [6.45, 7) is 4.19. The molecule has 25 heavy (non-hydrogen) atoms. The first-order chi connectivity index (χ1) is 12.0. The largest absolute Gasteiger partial charge is 0.456 e. The van der Waals surface area contributed by atoms with E-state index in [1.165, 1.54) is 21.9 Å². The minimum Gasteiger partial charge on any atom is -0.456 e. The second kappa shape index (κ2) is 5.78. The van der Waals surface area contributed by atoms with Gasteiger partial charge in [-0.3, -0.25) is 0 Å². The second-order valence-electron chi connectivity index (χ2n) is 7.01. The van der Waals surface area contributed by atoms with Gasteiger partial charge in [-0.2, -0.15) is 0 Å². The molecule has 0 amide bonds. The molecule has 0 N–H and O–H groups in total. The summed E-state index contributed by atoms with van der Waals surface area (Å²) in [6.07, 6.45) is 2.16. The minimum atomic E-state index is -0.460. The van der Waals surface area contributed by atoms with Crippen LogP contribution in [-0.2, 0) is 10.2 Å². The normalized spacial score (nSPS) is 14.4. The van der Waals surface area contributed by atoms with Crippen LogP contribution in [0.4, 0.5) is 0 Å². The third kappa shape index (κ3) is 2.56. The minimum absolute atomic E-state index is 0.460. The van der Waals surface area contributed by atoms with E-state index in [2.05, 4.69) is 70.2 Å². The van der Waals surface area contributed by atoms with Crippen molar-refractivity contribution in [2.45, 2.75) is 19.3 Å². The lowest BCUT2D eigenvalue weighted by atomic mass is 9.73. The standard InChI is InChI=1S/C22H21BO2/c1-14(2)13-22(23,24-3)16-10-11-19-18(12-16)17-8-4-6-15-7-5-9-20(25-19)21(15)17/h4-13H,23H2,1-3H3. The number of hydrogen-bond acceptors (Lipinski definition) is 2. The number of ether oxygens (including phenoxy) is 2. The molecule has 3 aromatic carbocycles. The zero-order valence-corrected chi connectivity index (χ0v) is 15.1. The van der Waals surface area contributed by atoms with E-state index in [4.69, 9.17) is 9.47 Å². The number of benzene rings is 3. The van der Waals surface area contributed by atoms with Crippen LogP contribution in [0.1, 0.15) is 19.4 Å². The van der Waals surface area contributed by atoms with Gasteiger partial charge in [-0.15, -0.1) is 0 Å². The third-order valence-electron chi connectivity index (χ3n) is 4.92. The summed E-state index contributed by atoms with van der Waals surface area (Å²) in [5.74, 6) is 1.82. The summed E-state index contributed by atoms with van der Waals surface area (Å²) < 4.78 is 12.0. The van der Waals surface area contributed by atoms with Crippen molar-refractivity contribution in [1.29, 1.82) is 0 Å². The Morgan fingerprint density at radius 1 is 1.00 bits per heavy atom. The monoisotopic (exact) mass is 328 g/mol. The maximum absolute atomic E-state index is 6.18. The van der Waals surface area contributed by atoms with Gasteiger partial charge in [0.05, 0.1) is 5.50 Å². The number of allylic oxidation sites excluding steroid dienone is 1. The molecule has 0 fully saturated rings. The van der Waals surface area contributed by atoms with Crippen LogP contribution in [0.3, 0.4) is 0 Å². The lowest BCUT2D eigenvalue weighted by Crippen LogP contribution is -2.26. The van der Waals surface area contributed by atoms with Crippen molar-refractivity contribution in [1.82, 2.24) is 0 Å². The van der Waals surface area contributed by atoms with Gasteiger partial charge in [-0.05, 0) is 48.6 Å². The lowest BCUT2D eigenvalue weighted by Gasteiger charge is -2.29. The predicted octanol–water partition coefficient (Wildman–Crippen LogP) is 5.01. The molecule has 1 heterocycles. The summed E-state index contributed by atoms with van der Waals surface area (Å²) in [6, 6.07) is 18.9. The van der Waals surface area contributed by atoms with Gasteiger partial charge in [0.2, 0.25) is 0 Å². The molecule has 3 aromatic rings. The van der Waals surface area contributed by atoms with E-state index in [1.54, 1.807) is 7.11 Å². The average Bonchev–Trinajstić information content (AvgIpc) is 2.61.